The van der Waals surface area contributed by atoms with Crippen LogP contribution in [0.4, 0.5) is 0 Å². The van der Waals surface area contributed by atoms with Crippen molar-refractivity contribution in [1.29, 1.82) is 0 Å². The smallest absolute Gasteiger partial charge is 0.242 e. The van der Waals surface area contributed by atoms with Crippen LogP contribution in [-0.4, -0.2) is 29.8 Å². The van der Waals surface area contributed by atoms with Crippen LogP contribution in [-0.2, 0) is 29.0 Å². The van der Waals surface area contributed by atoms with Gasteiger partial charge in [0.1, 0.15) is 6.04 Å². The molecule has 4 nitrogen and oxygen atoms in total. The van der Waals surface area contributed by atoms with Crippen LogP contribution >= 0.6 is 15.9 Å². The van der Waals surface area contributed by atoms with Crippen molar-refractivity contribution in [3.63, 3.8) is 0 Å². The highest BCUT2D eigenvalue weighted by atomic mass is 79.9. The van der Waals surface area contributed by atoms with Crippen molar-refractivity contribution >= 4 is 27.7 Å². The van der Waals surface area contributed by atoms with Crippen molar-refractivity contribution in [2.45, 2.75) is 39.3 Å². The van der Waals surface area contributed by atoms with Gasteiger partial charge in [-0.2, -0.15) is 0 Å². The van der Waals surface area contributed by atoms with E-state index in [9.17, 15) is 9.59 Å². The summed E-state index contributed by atoms with van der Waals surface area (Å²) in [5.74, 6) is -0.235. The molecule has 0 heterocycles. The molecule has 0 aliphatic carbocycles. The Morgan fingerprint density at radius 3 is 2.34 bits per heavy atom. The number of halogens is 1. The standard InChI is InChI=1S/C27H29BrN2O2/c1-19-12-13-20(2)23(14-19)17-26(31)30(18-22-10-7-11-24(28)15-22)25(27(32)29-3)16-21-8-5-4-6-9-21/h4-15,25H,16-18H2,1-3H3,(H,29,32)/t25-/m0/s1. The van der Waals surface area contributed by atoms with Crippen LogP contribution in [0.2, 0.25) is 0 Å². The van der Waals surface area contributed by atoms with E-state index in [1.165, 1.54) is 0 Å². The van der Waals surface area contributed by atoms with Crippen LogP contribution in [0.25, 0.3) is 0 Å². The fourth-order valence-electron chi connectivity index (χ4n) is 3.81. The van der Waals surface area contributed by atoms with Crippen molar-refractivity contribution in [1.82, 2.24) is 10.2 Å². The number of benzene rings is 3. The Bertz CT molecular complexity index is 1080. The third kappa shape index (κ3) is 6.30. The Morgan fingerprint density at radius 2 is 1.66 bits per heavy atom. The van der Waals surface area contributed by atoms with Crippen molar-refractivity contribution < 1.29 is 9.59 Å². The molecule has 0 radical (unpaired) electrons. The third-order valence-corrected chi connectivity index (χ3v) is 6.10. The van der Waals surface area contributed by atoms with Gasteiger partial charge in [-0.3, -0.25) is 9.59 Å². The minimum absolute atomic E-state index is 0.0665. The number of amides is 2. The zero-order chi connectivity index (χ0) is 23.1. The molecule has 0 bridgehead atoms. The first kappa shape index (κ1) is 23.7. The van der Waals surface area contributed by atoms with E-state index in [0.717, 1.165) is 32.3 Å². The molecule has 1 N–H and O–H groups in total. The second-order valence-corrected chi connectivity index (χ2v) is 8.99. The van der Waals surface area contributed by atoms with E-state index in [1.807, 2.05) is 80.6 Å². The normalized spacial score (nSPS) is 11.6. The second kappa shape index (κ2) is 11.1. The van der Waals surface area contributed by atoms with Gasteiger partial charge in [0.2, 0.25) is 11.8 Å². The van der Waals surface area contributed by atoms with Crippen molar-refractivity contribution in [2.75, 3.05) is 7.05 Å². The number of hydrogen-bond acceptors (Lipinski definition) is 2. The molecule has 0 aliphatic heterocycles. The molecular formula is C27H29BrN2O2. The molecule has 2 amide bonds. The molecule has 3 aromatic carbocycles. The molecule has 0 fully saturated rings. The molecule has 0 aliphatic rings. The lowest BCUT2D eigenvalue weighted by atomic mass is 9.99. The summed E-state index contributed by atoms with van der Waals surface area (Å²) in [7, 11) is 1.62. The Hall–Kier alpha value is -2.92. The minimum atomic E-state index is -0.612. The monoisotopic (exact) mass is 492 g/mol. The summed E-state index contributed by atoms with van der Waals surface area (Å²) in [6.07, 6.45) is 0.705. The molecule has 0 aromatic heterocycles. The molecule has 166 valence electrons. The van der Waals surface area contributed by atoms with E-state index >= 15 is 0 Å². The first-order valence-corrected chi connectivity index (χ1v) is 11.5. The Labute approximate surface area is 198 Å². The third-order valence-electron chi connectivity index (χ3n) is 5.61. The minimum Gasteiger partial charge on any atom is -0.357 e. The highest BCUT2D eigenvalue weighted by Gasteiger charge is 2.30. The predicted octanol–water partition coefficient (Wildman–Crippen LogP) is 4.99. The molecule has 32 heavy (non-hydrogen) atoms. The van der Waals surface area contributed by atoms with Crippen LogP contribution in [0.5, 0.6) is 0 Å². The average Bonchev–Trinajstić information content (AvgIpc) is 2.78. The van der Waals surface area contributed by atoms with Crippen LogP contribution in [0.3, 0.4) is 0 Å². The number of hydrogen-bond donors (Lipinski definition) is 1. The van der Waals surface area contributed by atoms with Gasteiger partial charge in [0.25, 0.3) is 0 Å². The van der Waals surface area contributed by atoms with Gasteiger partial charge in [-0.25, -0.2) is 0 Å². The molecule has 0 saturated carbocycles. The largest absolute Gasteiger partial charge is 0.357 e. The Balaban J connectivity index is 1.97. The number of likely N-dealkylation sites (N-methyl/N-ethyl adjacent to an activating group) is 1. The number of nitrogens with zero attached hydrogens (tertiary/aromatic N) is 1. The fraction of sp³-hybridized carbons (Fsp3) is 0.259. The molecule has 1 atom stereocenters. The van der Waals surface area contributed by atoms with Gasteiger partial charge >= 0.3 is 0 Å². The van der Waals surface area contributed by atoms with E-state index in [0.29, 0.717) is 13.0 Å². The van der Waals surface area contributed by atoms with Gasteiger partial charge < -0.3 is 10.2 Å². The summed E-state index contributed by atoms with van der Waals surface area (Å²) in [6.45, 7) is 4.39. The SMILES string of the molecule is CNC(=O)[C@H](Cc1ccccc1)N(Cc1cccc(Br)c1)C(=O)Cc1cc(C)ccc1C. The lowest BCUT2D eigenvalue weighted by Crippen LogP contribution is -2.50. The number of rotatable bonds is 8. The number of aryl methyl sites for hydroxylation is 2. The summed E-state index contributed by atoms with van der Waals surface area (Å²) in [5.41, 5.74) is 5.16. The maximum Gasteiger partial charge on any atom is 0.242 e. The number of carbonyl (C=O) groups excluding carboxylic acids is 2. The van der Waals surface area contributed by atoms with Crippen LogP contribution in [0.1, 0.15) is 27.8 Å². The predicted molar refractivity (Wildman–Crippen MR) is 132 cm³/mol. The lowest BCUT2D eigenvalue weighted by molar-refractivity contribution is -0.140. The van der Waals surface area contributed by atoms with Crippen LogP contribution in [0.15, 0.2) is 77.3 Å². The fourth-order valence-corrected chi connectivity index (χ4v) is 4.25. The Morgan fingerprint density at radius 1 is 0.938 bits per heavy atom. The molecule has 0 spiro atoms. The summed E-state index contributed by atoms with van der Waals surface area (Å²) < 4.78 is 0.941. The number of nitrogens with one attached hydrogen (secondary N) is 1. The van der Waals surface area contributed by atoms with Gasteiger partial charge in [-0.05, 0) is 48.2 Å². The summed E-state index contributed by atoms with van der Waals surface area (Å²) >= 11 is 3.51. The van der Waals surface area contributed by atoms with Crippen molar-refractivity contribution in [2.24, 2.45) is 0 Å². The van der Waals surface area contributed by atoms with E-state index in [1.54, 1.807) is 11.9 Å². The Kier molecular flexibility index (Phi) is 8.23. The first-order valence-electron chi connectivity index (χ1n) is 10.7. The van der Waals surface area contributed by atoms with E-state index < -0.39 is 6.04 Å². The van der Waals surface area contributed by atoms with E-state index in [-0.39, 0.29) is 18.2 Å². The molecule has 0 unspecified atom stereocenters. The maximum absolute atomic E-state index is 13.7. The first-order chi connectivity index (χ1) is 15.4. The molecule has 3 aromatic rings. The van der Waals surface area contributed by atoms with Gasteiger partial charge in [0.15, 0.2) is 0 Å². The van der Waals surface area contributed by atoms with Crippen LogP contribution in [0, 0.1) is 13.8 Å². The van der Waals surface area contributed by atoms with E-state index in [4.69, 9.17) is 0 Å². The highest BCUT2D eigenvalue weighted by Crippen LogP contribution is 2.20. The van der Waals surface area contributed by atoms with Crippen LogP contribution < -0.4 is 5.32 Å². The van der Waals surface area contributed by atoms with Crippen molar-refractivity contribution in [3.05, 3.63) is 105 Å². The van der Waals surface area contributed by atoms with Crippen molar-refractivity contribution in [3.8, 4) is 0 Å². The molecule has 3 rings (SSSR count). The summed E-state index contributed by atoms with van der Waals surface area (Å²) in [5, 5.41) is 2.76. The average molecular weight is 493 g/mol. The van der Waals surface area contributed by atoms with E-state index in [2.05, 4.69) is 27.3 Å². The number of carbonyl (C=O) groups is 2. The van der Waals surface area contributed by atoms with Gasteiger partial charge in [-0.15, -0.1) is 0 Å². The molecule has 5 heteroatoms. The van der Waals surface area contributed by atoms with Gasteiger partial charge in [0, 0.05) is 24.5 Å². The van der Waals surface area contributed by atoms with Gasteiger partial charge in [-0.1, -0.05) is 82.2 Å². The summed E-state index contributed by atoms with van der Waals surface area (Å²) in [6, 6.07) is 23.2. The lowest BCUT2D eigenvalue weighted by Gasteiger charge is -2.31. The zero-order valence-electron chi connectivity index (χ0n) is 18.8. The molecular weight excluding hydrogens is 464 g/mol. The quantitative estimate of drug-likeness (QED) is 0.481. The molecule has 0 saturated heterocycles. The zero-order valence-corrected chi connectivity index (χ0v) is 20.4. The topological polar surface area (TPSA) is 49.4 Å². The maximum atomic E-state index is 13.7. The highest BCUT2D eigenvalue weighted by molar-refractivity contribution is 9.10. The summed E-state index contributed by atoms with van der Waals surface area (Å²) in [4.78, 5) is 28.3. The van der Waals surface area contributed by atoms with Gasteiger partial charge in [0.05, 0.1) is 6.42 Å². The second-order valence-electron chi connectivity index (χ2n) is 8.08.